The summed E-state index contributed by atoms with van der Waals surface area (Å²) in [6.07, 6.45) is -0.172. The van der Waals surface area contributed by atoms with Gasteiger partial charge in [0.1, 0.15) is 17.2 Å². The van der Waals surface area contributed by atoms with Gasteiger partial charge in [0.25, 0.3) is 0 Å². The van der Waals surface area contributed by atoms with Crippen LogP contribution in [0.4, 0.5) is 4.79 Å². The molecule has 0 bridgehead atoms. The molecular formula is C30H40N4O8S. The van der Waals surface area contributed by atoms with Gasteiger partial charge in [0.2, 0.25) is 21.8 Å². The van der Waals surface area contributed by atoms with Crippen molar-refractivity contribution in [3.05, 3.63) is 54.1 Å². The van der Waals surface area contributed by atoms with E-state index in [2.05, 4.69) is 10.6 Å². The lowest BCUT2D eigenvalue weighted by Gasteiger charge is -2.37. The maximum absolute atomic E-state index is 13.5. The molecule has 0 radical (unpaired) electrons. The third-order valence-corrected chi connectivity index (χ3v) is 9.27. The Balaban J connectivity index is 1.43. The molecular weight excluding hydrogens is 576 g/mol. The van der Waals surface area contributed by atoms with Gasteiger partial charge >= 0.3 is 6.09 Å². The van der Waals surface area contributed by atoms with E-state index in [0.29, 0.717) is 26.3 Å². The standard InChI is InChI=1S/C30H40N4O8S/c1-29(2,3)42-28(37)33-30(12-16-40-17-13-30)27(36)32-25(26(31)35)20-21-4-6-22(7-5-21)23-8-10-24(11-9-23)43(38,39)34-14-18-41-19-15-34/h4-11,25H,12-20H2,1-3H3,(H2,31,35)(H,32,36)(H,33,37). The fraction of sp³-hybridized carbons (Fsp3) is 0.500. The van der Waals surface area contributed by atoms with E-state index >= 15 is 0 Å². The van der Waals surface area contributed by atoms with E-state index in [4.69, 9.17) is 19.9 Å². The van der Waals surface area contributed by atoms with Crippen molar-refractivity contribution in [2.24, 2.45) is 5.73 Å². The van der Waals surface area contributed by atoms with Gasteiger partial charge in [-0.2, -0.15) is 4.31 Å². The molecule has 2 aromatic carbocycles. The van der Waals surface area contributed by atoms with Crippen LogP contribution in [0.2, 0.25) is 0 Å². The Hall–Kier alpha value is -3.52. The smallest absolute Gasteiger partial charge is 0.408 e. The van der Waals surface area contributed by atoms with Crippen LogP contribution < -0.4 is 16.4 Å². The van der Waals surface area contributed by atoms with Crippen LogP contribution in [0.3, 0.4) is 0 Å². The van der Waals surface area contributed by atoms with Gasteiger partial charge in [-0.25, -0.2) is 13.2 Å². The van der Waals surface area contributed by atoms with Crippen LogP contribution in [0.15, 0.2) is 53.4 Å². The molecule has 4 rings (SSSR count). The summed E-state index contributed by atoms with van der Waals surface area (Å²) in [4.78, 5) is 38.6. The highest BCUT2D eigenvalue weighted by Crippen LogP contribution is 2.25. The normalized spacial score (nSPS) is 18.3. The number of carbonyl (C=O) groups is 3. The third-order valence-electron chi connectivity index (χ3n) is 7.36. The summed E-state index contributed by atoms with van der Waals surface area (Å²) < 4.78 is 43.3. The van der Waals surface area contributed by atoms with Gasteiger partial charge in [-0.1, -0.05) is 36.4 Å². The monoisotopic (exact) mass is 616 g/mol. The van der Waals surface area contributed by atoms with Gasteiger partial charge in [-0.05, 0) is 49.6 Å². The number of morpholine rings is 1. The van der Waals surface area contributed by atoms with E-state index in [0.717, 1.165) is 16.7 Å². The van der Waals surface area contributed by atoms with Gasteiger partial charge in [-0.15, -0.1) is 0 Å². The molecule has 1 unspecified atom stereocenters. The van der Waals surface area contributed by atoms with Crippen molar-refractivity contribution in [1.82, 2.24) is 14.9 Å². The summed E-state index contributed by atoms with van der Waals surface area (Å²) in [6, 6.07) is 13.0. The number of nitrogens with zero attached hydrogens (tertiary/aromatic N) is 1. The molecule has 43 heavy (non-hydrogen) atoms. The van der Waals surface area contributed by atoms with Crippen molar-refractivity contribution in [2.75, 3.05) is 39.5 Å². The molecule has 2 heterocycles. The van der Waals surface area contributed by atoms with E-state index in [1.807, 2.05) is 24.3 Å². The maximum Gasteiger partial charge on any atom is 0.408 e. The summed E-state index contributed by atoms with van der Waals surface area (Å²) in [6.45, 7) is 7.10. The van der Waals surface area contributed by atoms with E-state index < -0.39 is 45.1 Å². The molecule has 0 spiro atoms. The fourth-order valence-electron chi connectivity index (χ4n) is 4.97. The largest absolute Gasteiger partial charge is 0.444 e. The van der Waals surface area contributed by atoms with Gasteiger partial charge in [0, 0.05) is 45.6 Å². The van der Waals surface area contributed by atoms with Crippen LogP contribution in [-0.4, -0.2) is 87.3 Å². The molecule has 12 nitrogen and oxygen atoms in total. The van der Waals surface area contributed by atoms with E-state index in [-0.39, 0.29) is 37.4 Å². The molecule has 1 atom stereocenters. The topological polar surface area (TPSA) is 166 Å². The van der Waals surface area contributed by atoms with E-state index in [1.54, 1.807) is 45.0 Å². The van der Waals surface area contributed by atoms with Crippen molar-refractivity contribution >= 4 is 27.9 Å². The summed E-state index contributed by atoms with van der Waals surface area (Å²) in [5.41, 5.74) is 6.03. The first-order valence-corrected chi connectivity index (χ1v) is 15.7. The Morgan fingerprint density at radius 3 is 2.00 bits per heavy atom. The predicted octanol–water partition coefficient (Wildman–Crippen LogP) is 1.96. The van der Waals surface area contributed by atoms with Crippen molar-refractivity contribution in [3.63, 3.8) is 0 Å². The highest BCUT2D eigenvalue weighted by molar-refractivity contribution is 7.89. The number of nitrogens with one attached hydrogen (secondary N) is 2. The summed E-state index contributed by atoms with van der Waals surface area (Å²) in [5, 5.41) is 5.43. The highest BCUT2D eigenvalue weighted by Gasteiger charge is 2.43. The molecule has 0 saturated carbocycles. The van der Waals surface area contributed by atoms with Crippen LogP contribution >= 0.6 is 0 Å². The number of hydrogen-bond donors (Lipinski definition) is 3. The predicted molar refractivity (Wildman–Crippen MR) is 158 cm³/mol. The maximum atomic E-state index is 13.5. The lowest BCUT2D eigenvalue weighted by atomic mass is 9.88. The number of ether oxygens (including phenoxy) is 3. The Kier molecular flexibility index (Phi) is 10.1. The number of hydrogen-bond acceptors (Lipinski definition) is 8. The Bertz CT molecular complexity index is 1390. The number of carbonyl (C=O) groups excluding carboxylic acids is 3. The Morgan fingerprint density at radius 2 is 1.47 bits per heavy atom. The van der Waals surface area contributed by atoms with Crippen molar-refractivity contribution in [3.8, 4) is 11.1 Å². The number of rotatable bonds is 9. The lowest BCUT2D eigenvalue weighted by Crippen LogP contribution is -2.64. The number of benzene rings is 2. The first-order chi connectivity index (χ1) is 20.3. The summed E-state index contributed by atoms with van der Waals surface area (Å²) in [5.74, 6) is -1.25. The average molecular weight is 617 g/mol. The number of primary amides is 1. The number of nitrogens with two attached hydrogens (primary N) is 1. The Labute approximate surface area is 252 Å². The molecule has 2 aromatic rings. The second-order valence-electron chi connectivity index (χ2n) is 11.7. The van der Waals surface area contributed by atoms with Crippen LogP contribution in [0, 0.1) is 0 Å². The number of amides is 3. The minimum Gasteiger partial charge on any atom is -0.444 e. The molecule has 13 heteroatoms. The number of alkyl carbamates (subject to hydrolysis) is 1. The first-order valence-electron chi connectivity index (χ1n) is 14.3. The van der Waals surface area contributed by atoms with Crippen LogP contribution in [0.25, 0.3) is 11.1 Å². The molecule has 2 aliphatic heterocycles. The third kappa shape index (κ3) is 8.31. The second kappa shape index (κ2) is 13.4. The zero-order valence-electron chi connectivity index (χ0n) is 24.8. The zero-order chi connectivity index (χ0) is 31.3. The van der Waals surface area contributed by atoms with Gasteiger partial charge in [0.15, 0.2) is 0 Å². The first kappa shape index (κ1) is 32.4. The summed E-state index contributed by atoms with van der Waals surface area (Å²) >= 11 is 0. The van der Waals surface area contributed by atoms with Crippen molar-refractivity contribution in [1.29, 1.82) is 0 Å². The second-order valence-corrected chi connectivity index (χ2v) is 13.6. The van der Waals surface area contributed by atoms with Crippen LogP contribution in [-0.2, 0) is 40.2 Å². The molecule has 0 aliphatic carbocycles. The lowest BCUT2D eigenvalue weighted by molar-refractivity contribution is -0.135. The summed E-state index contributed by atoms with van der Waals surface area (Å²) in [7, 11) is -3.59. The van der Waals surface area contributed by atoms with Gasteiger partial charge in [-0.3, -0.25) is 9.59 Å². The van der Waals surface area contributed by atoms with E-state index in [9.17, 15) is 22.8 Å². The zero-order valence-corrected chi connectivity index (χ0v) is 25.6. The molecule has 0 aromatic heterocycles. The minimum atomic E-state index is -3.59. The molecule has 2 saturated heterocycles. The fourth-order valence-corrected chi connectivity index (χ4v) is 6.38. The van der Waals surface area contributed by atoms with E-state index in [1.165, 1.54) is 4.31 Å². The highest BCUT2D eigenvalue weighted by atomic mass is 32.2. The molecule has 2 fully saturated rings. The molecule has 234 valence electrons. The molecule has 3 amide bonds. The molecule has 2 aliphatic rings. The average Bonchev–Trinajstić information content (AvgIpc) is 2.97. The number of sulfonamides is 1. The quantitative estimate of drug-likeness (QED) is 0.385. The SMILES string of the molecule is CC(C)(C)OC(=O)NC1(C(=O)NC(Cc2ccc(-c3ccc(S(=O)(=O)N4CCOCC4)cc3)cc2)C(N)=O)CCOCC1. The van der Waals surface area contributed by atoms with Crippen molar-refractivity contribution < 1.29 is 37.0 Å². The van der Waals surface area contributed by atoms with Crippen LogP contribution in [0.1, 0.15) is 39.2 Å². The van der Waals surface area contributed by atoms with Gasteiger partial charge < -0.3 is 30.6 Å². The van der Waals surface area contributed by atoms with Crippen molar-refractivity contribution in [2.45, 2.75) is 62.1 Å². The Morgan fingerprint density at radius 1 is 0.930 bits per heavy atom. The van der Waals surface area contributed by atoms with Crippen LogP contribution in [0.5, 0.6) is 0 Å². The van der Waals surface area contributed by atoms with Gasteiger partial charge in [0.05, 0.1) is 18.1 Å². The minimum absolute atomic E-state index is 0.136. The molecule has 4 N–H and O–H groups in total.